The number of hydrogen-bond donors (Lipinski definition) is 0. The summed E-state index contributed by atoms with van der Waals surface area (Å²) in [7, 11) is 0. The van der Waals surface area contributed by atoms with E-state index in [1.165, 1.54) is 6.92 Å². The highest BCUT2D eigenvalue weighted by Gasteiger charge is 2.19. The van der Waals surface area contributed by atoms with E-state index in [1.54, 1.807) is 0 Å². The van der Waals surface area contributed by atoms with Crippen LogP contribution >= 0.6 is 0 Å². The van der Waals surface area contributed by atoms with E-state index in [0.717, 1.165) is 11.3 Å². The minimum absolute atomic E-state index is 0.354. The molecule has 0 spiro atoms. The monoisotopic (exact) mass is 191 g/mol. The third-order valence-corrected chi connectivity index (χ3v) is 1.85. The van der Waals surface area contributed by atoms with Gasteiger partial charge in [0.1, 0.15) is 18.1 Å². The Balaban J connectivity index is 2.26. The Bertz CT molecular complexity index is 398. The zero-order chi connectivity index (χ0) is 9.97. The normalized spacial score (nSPS) is 16.2. The molecular formula is C10H9NO3. The molecule has 0 N–H and O–H groups in total. The van der Waals surface area contributed by atoms with Crippen LogP contribution < -0.4 is 4.74 Å². The molecule has 0 atom stereocenters. The number of fused-ring (bicyclic) bond motifs is 1. The molecule has 1 aliphatic rings. The van der Waals surface area contributed by atoms with E-state index in [9.17, 15) is 4.79 Å². The molecule has 14 heavy (non-hydrogen) atoms. The van der Waals surface area contributed by atoms with Crippen molar-refractivity contribution in [2.45, 2.75) is 6.92 Å². The summed E-state index contributed by atoms with van der Waals surface area (Å²) in [6.45, 7) is 1.67. The van der Waals surface area contributed by atoms with Gasteiger partial charge in [0, 0.05) is 12.5 Å². The van der Waals surface area contributed by atoms with Crippen LogP contribution in [0.5, 0.6) is 5.75 Å². The summed E-state index contributed by atoms with van der Waals surface area (Å²) in [5.74, 6) is 0.347. The van der Waals surface area contributed by atoms with E-state index >= 15 is 0 Å². The first-order chi connectivity index (χ1) is 6.77. The summed E-state index contributed by atoms with van der Waals surface area (Å²) in [4.78, 5) is 15.1. The number of carbonyl (C=O) groups excluding carboxylic acids is 1. The summed E-state index contributed by atoms with van der Waals surface area (Å²) in [6.07, 6.45) is 0. The summed E-state index contributed by atoms with van der Waals surface area (Å²) >= 11 is 0. The fourth-order valence-electron chi connectivity index (χ4n) is 1.25. The predicted octanol–water partition coefficient (Wildman–Crippen LogP) is 1.35. The molecular weight excluding hydrogens is 182 g/mol. The molecule has 72 valence electrons. The maximum absolute atomic E-state index is 10.5. The van der Waals surface area contributed by atoms with Crippen LogP contribution in [0.15, 0.2) is 29.4 Å². The molecule has 1 heterocycles. The second-order valence-corrected chi connectivity index (χ2v) is 2.91. The van der Waals surface area contributed by atoms with E-state index in [-0.39, 0.29) is 0 Å². The third kappa shape index (κ3) is 1.59. The smallest absolute Gasteiger partial charge is 0.331 e. The third-order valence-electron chi connectivity index (χ3n) is 1.85. The van der Waals surface area contributed by atoms with Gasteiger partial charge in [0.2, 0.25) is 0 Å². The highest BCUT2D eigenvalue weighted by molar-refractivity contribution is 6.06. The van der Waals surface area contributed by atoms with Crippen LogP contribution in [0.3, 0.4) is 0 Å². The molecule has 1 aromatic carbocycles. The van der Waals surface area contributed by atoms with Gasteiger partial charge in [0.25, 0.3) is 0 Å². The topological polar surface area (TPSA) is 47.9 Å². The first-order valence-electron chi connectivity index (χ1n) is 4.24. The number of hydrogen-bond acceptors (Lipinski definition) is 4. The Labute approximate surface area is 81.1 Å². The van der Waals surface area contributed by atoms with Gasteiger partial charge in [-0.25, -0.2) is 4.79 Å². The lowest BCUT2D eigenvalue weighted by Crippen LogP contribution is -2.04. The molecule has 0 saturated heterocycles. The molecule has 2 rings (SSSR count). The number of benzene rings is 1. The fourth-order valence-corrected chi connectivity index (χ4v) is 1.25. The lowest BCUT2D eigenvalue weighted by Gasteiger charge is -1.94. The Hall–Kier alpha value is -1.84. The molecule has 0 aromatic heterocycles. The van der Waals surface area contributed by atoms with Crippen molar-refractivity contribution in [3.05, 3.63) is 29.8 Å². The number of oxime groups is 1. The van der Waals surface area contributed by atoms with Crippen molar-refractivity contribution in [3.8, 4) is 5.75 Å². The minimum Gasteiger partial charge on any atom is -0.486 e. The van der Waals surface area contributed by atoms with Crippen LogP contribution in [-0.2, 0) is 9.63 Å². The average molecular weight is 191 g/mol. The molecule has 0 saturated carbocycles. The number of nitrogens with zero attached hydrogens (tertiary/aromatic N) is 1. The number of para-hydroxylation sites is 1. The van der Waals surface area contributed by atoms with E-state index in [1.807, 2.05) is 24.3 Å². The zero-order valence-corrected chi connectivity index (χ0v) is 7.69. The summed E-state index contributed by atoms with van der Waals surface area (Å²) in [5, 5.41) is 3.71. The lowest BCUT2D eigenvalue weighted by molar-refractivity contribution is -0.140. The molecule has 4 heteroatoms. The molecule has 4 nitrogen and oxygen atoms in total. The molecule has 1 aliphatic heterocycles. The standard InChI is InChI=1S/C10H9NO3/c1-7(12)14-11-9-6-13-10-5-3-2-4-8(9)10/h2-5H,6H2,1H3/b11-9+. The van der Waals surface area contributed by atoms with Crippen LogP contribution in [0.2, 0.25) is 0 Å². The molecule has 0 bridgehead atoms. The minimum atomic E-state index is -0.429. The van der Waals surface area contributed by atoms with Crippen molar-refractivity contribution in [3.63, 3.8) is 0 Å². The molecule has 0 amide bonds. The largest absolute Gasteiger partial charge is 0.486 e. The Morgan fingerprint density at radius 2 is 2.29 bits per heavy atom. The van der Waals surface area contributed by atoms with E-state index < -0.39 is 5.97 Å². The first-order valence-corrected chi connectivity index (χ1v) is 4.24. The second-order valence-electron chi connectivity index (χ2n) is 2.91. The van der Waals surface area contributed by atoms with Crippen molar-refractivity contribution in [1.29, 1.82) is 0 Å². The van der Waals surface area contributed by atoms with Crippen molar-refractivity contribution < 1.29 is 14.4 Å². The number of rotatable bonds is 1. The van der Waals surface area contributed by atoms with Crippen LogP contribution in [0, 0.1) is 0 Å². The van der Waals surface area contributed by atoms with Crippen LogP contribution in [0.1, 0.15) is 12.5 Å². The van der Waals surface area contributed by atoms with Gasteiger partial charge in [-0.15, -0.1) is 0 Å². The van der Waals surface area contributed by atoms with Gasteiger partial charge >= 0.3 is 5.97 Å². The number of ether oxygens (including phenoxy) is 1. The van der Waals surface area contributed by atoms with E-state index in [4.69, 9.17) is 4.74 Å². The maximum Gasteiger partial charge on any atom is 0.331 e. The van der Waals surface area contributed by atoms with E-state index in [0.29, 0.717) is 12.3 Å². The SMILES string of the molecule is CC(=O)O/N=C1\COc2ccccc21. The highest BCUT2D eigenvalue weighted by atomic mass is 16.7. The Kier molecular flexibility index (Phi) is 2.18. The van der Waals surface area contributed by atoms with Crippen molar-refractivity contribution in [2.24, 2.45) is 5.16 Å². The molecule has 0 aliphatic carbocycles. The van der Waals surface area contributed by atoms with Gasteiger partial charge in [0.05, 0.1) is 0 Å². The predicted molar refractivity (Wildman–Crippen MR) is 50.2 cm³/mol. The first kappa shape index (κ1) is 8.74. The van der Waals surface area contributed by atoms with Gasteiger partial charge in [-0.3, -0.25) is 0 Å². The lowest BCUT2D eigenvalue weighted by atomic mass is 10.1. The molecule has 0 fully saturated rings. The van der Waals surface area contributed by atoms with Crippen LogP contribution in [0.4, 0.5) is 0 Å². The summed E-state index contributed by atoms with van der Waals surface area (Å²) in [5.41, 5.74) is 1.53. The van der Waals surface area contributed by atoms with Gasteiger partial charge in [-0.05, 0) is 12.1 Å². The summed E-state index contributed by atoms with van der Waals surface area (Å²) < 4.78 is 5.32. The van der Waals surface area contributed by atoms with Crippen LogP contribution in [-0.4, -0.2) is 18.3 Å². The average Bonchev–Trinajstić information content (AvgIpc) is 2.58. The molecule has 1 aromatic rings. The fraction of sp³-hybridized carbons (Fsp3) is 0.200. The number of carbonyl (C=O) groups is 1. The molecule has 0 radical (unpaired) electrons. The van der Waals surface area contributed by atoms with Gasteiger partial charge in [0.15, 0.2) is 0 Å². The van der Waals surface area contributed by atoms with Crippen molar-refractivity contribution in [2.75, 3.05) is 6.61 Å². The van der Waals surface area contributed by atoms with Gasteiger partial charge in [-0.1, -0.05) is 17.3 Å². The summed E-state index contributed by atoms with van der Waals surface area (Å²) in [6, 6.07) is 7.50. The zero-order valence-electron chi connectivity index (χ0n) is 7.69. The van der Waals surface area contributed by atoms with Gasteiger partial charge < -0.3 is 9.57 Å². The highest BCUT2D eigenvalue weighted by Crippen LogP contribution is 2.24. The quantitative estimate of drug-likeness (QED) is 0.497. The van der Waals surface area contributed by atoms with Crippen molar-refractivity contribution >= 4 is 11.7 Å². The Morgan fingerprint density at radius 1 is 1.50 bits per heavy atom. The Morgan fingerprint density at radius 3 is 3.07 bits per heavy atom. The second kappa shape index (κ2) is 3.49. The van der Waals surface area contributed by atoms with Crippen molar-refractivity contribution in [1.82, 2.24) is 0 Å². The van der Waals surface area contributed by atoms with Gasteiger partial charge in [-0.2, -0.15) is 0 Å². The molecule has 0 unspecified atom stereocenters. The van der Waals surface area contributed by atoms with Crippen LogP contribution in [0.25, 0.3) is 0 Å². The maximum atomic E-state index is 10.5. The van der Waals surface area contributed by atoms with E-state index in [2.05, 4.69) is 9.99 Å².